The van der Waals surface area contributed by atoms with Crippen molar-refractivity contribution in [2.45, 2.75) is 13.0 Å². The summed E-state index contributed by atoms with van der Waals surface area (Å²) in [6.07, 6.45) is 2.09. The quantitative estimate of drug-likeness (QED) is 0.816. The molecule has 4 heteroatoms. The lowest BCUT2D eigenvalue weighted by atomic mass is 10.3. The van der Waals surface area contributed by atoms with E-state index in [9.17, 15) is 4.79 Å². The Morgan fingerprint density at radius 3 is 2.94 bits per heavy atom. The molecule has 0 aromatic carbocycles. The molecule has 3 nitrogen and oxygen atoms in total. The zero-order valence-electron chi connectivity index (χ0n) is 9.05. The summed E-state index contributed by atoms with van der Waals surface area (Å²) in [7, 11) is 1.79. The van der Waals surface area contributed by atoms with Crippen LogP contribution in [0.15, 0.2) is 40.3 Å². The fraction of sp³-hybridized carbons (Fsp3) is 0.250. The van der Waals surface area contributed by atoms with Crippen LogP contribution in [0.5, 0.6) is 0 Å². The van der Waals surface area contributed by atoms with Crippen molar-refractivity contribution in [1.29, 1.82) is 0 Å². The van der Waals surface area contributed by atoms with E-state index in [0.717, 1.165) is 10.6 Å². The maximum Gasteiger partial charge on any atom is 0.227 e. The normalized spacial score (nSPS) is 10.3. The number of carbonyl (C=O) groups is 1. The third kappa shape index (κ3) is 2.73. The summed E-state index contributed by atoms with van der Waals surface area (Å²) in [6.45, 7) is 0.525. The molecule has 0 saturated heterocycles. The first-order valence-corrected chi connectivity index (χ1v) is 5.92. The fourth-order valence-electron chi connectivity index (χ4n) is 1.42. The molecule has 0 unspecified atom stereocenters. The molecule has 0 aliphatic heterocycles. The summed E-state index contributed by atoms with van der Waals surface area (Å²) in [4.78, 5) is 14.6. The van der Waals surface area contributed by atoms with E-state index in [2.05, 4.69) is 0 Å². The number of furan rings is 1. The van der Waals surface area contributed by atoms with Gasteiger partial charge in [-0.2, -0.15) is 0 Å². The minimum atomic E-state index is 0.110. The topological polar surface area (TPSA) is 33.5 Å². The fourth-order valence-corrected chi connectivity index (χ4v) is 2.12. The van der Waals surface area contributed by atoms with Crippen molar-refractivity contribution in [1.82, 2.24) is 4.90 Å². The number of amides is 1. The molecule has 0 N–H and O–H groups in total. The van der Waals surface area contributed by atoms with E-state index in [1.54, 1.807) is 29.5 Å². The Labute approximate surface area is 98.3 Å². The summed E-state index contributed by atoms with van der Waals surface area (Å²) in [5.74, 6) is 0.917. The number of thiophene rings is 1. The van der Waals surface area contributed by atoms with Crippen LogP contribution in [0.4, 0.5) is 0 Å². The molecule has 0 radical (unpaired) electrons. The average molecular weight is 235 g/mol. The van der Waals surface area contributed by atoms with Gasteiger partial charge in [-0.1, -0.05) is 6.07 Å². The van der Waals surface area contributed by atoms with Gasteiger partial charge in [-0.25, -0.2) is 0 Å². The monoisotopic (exact) mass is 235 g/mol. The SMILES string of the molecule is CN(Cc1ccco1)C(=O)Cc1cccs1. The highest BCUT2D eigenvalue weighted by Crippen LogP contribution is 2.11. The van der Waals surface area contributed by atoms with Crippen molar-refractivity contribution in [3.8, 4) is 0 Å². The highest BCUT2D eigenvalue weighted by Gasteiger charge is 2.11. The van der Waals surface area contributed by atoms with E-state index >= 15 is 0 Å². The van der Waals surface area contributed by atoms with E-state index in [1.165, 1.54) is 0 Å². The van der Waals surface area contributed by atoms with Gasteiger partial charge in [-0.3, -0.25) is 4.79 Å². The molecule has 0 aliphatic carbocycles. The maximum atomic E-state index is 11.8. The Balaban J connectivity index is 1.90. The number of carbonyl (C=O) groups excluding carboxylic acids is 1. The lowest BCUT2D eigenvalue weighted by Gasteiger charge is -2.14. The Kier molecular flexibility index (Phi) is 3.41. The molecule has 0 bridgehead atoms. The Morgan fingerprint density at radius 1 is 1.44 bits per heavy atom. The van der Waals surface area contributed by atoms with Gasteiger partial charge in [-0.15, -0.1) is 11.3 Å². The third-order valence-corrected chi connectivity index (χ3v) is 3.18. The highest BCUT2D eigenvalue weighted by molar-refractivity contribution is 7.10. The molecular weight excluding hydrogens is 222 g/mol. The second kappa shape index (κ2) is 4.99. The van der Waals surface area contributed by atoms with Crippen molar-refractivity contribution in [3.63, 3.8) is 0 Å². The predicted molar refractivity (Wildman–Crippen MR) is 63.2 cm³/mol. The second-order valence-electron chi connectivity index (χ2n) is 3.59. The van der Waals surface area contributed by atoms with Gasteiger partial charge in [0.15, 0.2) is 0 Å². The molecule has 2 rings (SSSR count). The summed E-state index contributed by atoms with van der Waals surface area (Å²) in [5.41, 5.74) is 0. The summed E-state index contributed by atoms with van der Waals surface area (Å²) >= 11 is 1.61. The van der Waals surface area contributed by atoms with Gasteiger partial charge in [0.1, 0.15) is 5.76 Å². The number of rotatable bonds is 4. The number of likely N-dealkylation sites (N-methyl/N-ethyl adjacent to an activating group) is 1. The molecule has 2 aromatic heterocycles. The van der Waals surface area contributed by atoms with Gasteiger partial charge in [0, 0.05) is 11.9 Å². The highest BCUT2D eigenvalue weighted by atomic mass is 32.1. The maximum absolute atomic E-state index is 11.8. The second-order valence-corrected chi connectivity index (χ2v) is 4.62. The average Bonchev–Trinajstić information content (AvgIpc) is 2.90. The smallest absolute Gasteiger partial charge is 0.227 e. The molecular formula is C12H13NO2S. The van der Waals surface area contributed by atoms with E-state index in [4.69, 9.17) is 4.42 Å². The van der Waals surface area contributed by atoms with Gasteiger partial charge in [0.05, 0.1) is 19.2 Å². The lowest BCUT2D eigenvalue weighted by molar-refractivity contribution is -0.129. The summed E-state index contributed by atoms with van der Waals surface area (Å²) < 4.78 is 5.20. The van der Waals surface area contributed by atoms with Crippen LogP contribution in [-0.4, -0.2) is 17.9 Å². The van der Waals surface area contributed by atoms with E-state index in [1.807, 2.05) is 29.6 Å². The number of nitrogens with zero attached hydrogens (tertiary/aromatic N) is 1. The molecule has 0 aliphatic rings. The van der Waals surface area contributed by atoms with Crippen molar-refractivity contribution in [2.75, 3.05) is 7.05 Å². The van der Waals surface area contributed by atoms with Crippen LogP contribution in [0.2, 0.25) is 0 Å². The minimum absolute atomic E-state index is 0.110. The van der Waals surface area contributed by atoms with Gasteiger partial charge in [0.25, 0.3) is 0 Å². The van der Waals surface area contributed by atoms with Crippen molar-refractivity contribution in [3.05, 3.63) is 46.5 Å². The zero-order chi connectivity index (χ0) is 11.4. The first-order chi connectivity index (χ1) is 7.75. The van der Waals surface area contributed by atoms with Crippen molar-refractivity contribution < 1.29 is 9.21 Å². The summed E-state index contributed by atoms with van der Waals surface area (Å²) in [5, 5.41) is 1.98. The lowest BCUT2D eigenvalue weighted by Crippen LogP contribution is -2.27. The number of hydrogen-bond donors (Lipinski definition) is 0. The zero-order valence-corrected chi connectivity index (χ0v) is 9.87. The van der Waals surface area contributed by atoms with Crippen LogP contribution in [0.1, 0.15) is 10.6 Å². The van der Waals surface area contributed by atoms with Crippen LogP contribution in [0.3, 0.4) is 0 Å². The standard InChI is InChI=1S/C12H13NO2S/c1-13(9-10-4-2-6-15-10)12(14)8-11-5-3-7-16-11/h2-7H,8-9H2,1H3. The molecule has 0 atom stereocenters. The van der Waals surface area contributed by atoms with Crippen LogP contribution in [0, 0.1) is 0 Å². The molecule has 84 valence electrons. The van der Waals surface area contributed by atoms with Gasteiger partial charge in [0.2, 0.25) is 5.91 Å². The molecule has 0 fully saturated rings. The van der Waals surface area contributed by atoms with Crippen LogP contribution in [0.25, 0.3) is 0 Å². The molecule has 0 saturated carbocycles. The van der Waals surface area contributed by atoms with E-state index < -0.39 is 0 Å². The van der Waals surface area contributed by atoms with E-state index in [-0.39, 0.29) is 5.91 Å². The van der Waals surface area contributed by atoms with E-state index in [0.29, 0.717) is 13.0 Å². The van der Waals surface area contributed by atoms with Gasteiger partial charge < -0.3 is 9.32 Å². The molecule has 16 heavy (non-hydrogen) atoms. The molecule has 2 aromatic rings. The largest absolute Gasteiger partial charge is 0.467 e. The minimum Gasteiger partial charge on any atom is -0.467 e. The van der Waals surface area contributed by atoms with Crippen LogP contribution < -0.4 is 0 Å². The van der Waals surface area contributed by atoms with Crippen molar-refractivity contribution >= 4 is 17.2 Å². The predicted octanol–water partition coefficient (Wildman–Crippen LogP) is 2.54. The first-order valence-electron chi connectivity index (χ1n) is 5.04. The molecule has 1 amide bonds. The van der Waals surface area contributed by atoms with Crippen LogP contribution >= 0.6 is 11.3 Å². The Bertz CT molecular complexity index is 434. The van der Waals surface area contributed by atoms with Crippen LogP contribution in [-0.2, 0) is 17.8 Å². The van der Waals surface area contributed by atoms with Crippen molar-refractivity contribution in [2.24, 2.45) is 0 Å². The molecule has 0 spiro atoms. The Morgan fingerprint density at radius 2 is 2.31 bits per heavy atom. The van der Waals surface area contributed by atoms with Gasteiger partial charge >= 0.3 is 0 Å². The van der Waals surface area contributed by atoms with Gasteiger partial charge in [-0.05, 0) is 23.6 Å². The summed E-state index contributed by atoms with van der Waals surface area (Å²) in [6, 6.07) is 7.63. The Hall–Kier alpha value is -1.55. The number of hydrogen-bond acceptors (Lipinski definition) is 3. The molecule has 2 heterocycles. The first kappa shape index (κ1) is 11.0. The third-order valence-electron chi connectivity index (χ3n) is 2.30.